The van der Waals surface area contributed by atoms with Crippen molar-refractivity contribution >= 4 is 135 Å². The molecular formula is C80H95Cl3F3N11O3S3Sn. The summed E-state index contributed by atoms with van der Waals surface area (Å²) in [7, 11) is 3.10. The first-order chi connectivity index (χ1) is 48.5. The molecule has 0 atom stereocenters. The first-order valence-electron chi connectivity index (χ1n) is 32.5. The summed E-state index contributed by atoms with van der Waals surface area (Å²) in [6.45, 7) is 18.8. The summed E-state index contributed by atoms with van der Waals surface area (Å²) in [5.74, 6) is 3.05. The van der Waals surface area contributed by atoms with Crippen LogP contribution in [0.5, 0.6) is 11.5 Å². The summed E-state index contributed by atoms with van der Waals surface area (Å²) in [6, 6.07) is 29.1. The third-order valence-electron chi connectivity index (χ3n) is 15.6. The fourth-order valence-corrected chi connectivity index (χ4v) is 26.7. The number of Topliss-reactive ketones (excluding diaryl/α,β-unsaturated/α-hetero) is 1. The third-order valence-corrected chi connectivity index (χ3v) is 33.2. The smallest absolute Gasteiger partial charge is 0.223 e. The van der Waals surface area contributed by atoms with Crippen LogP contribution in [-0.4, -0.2) is 94.8 Å². The average molecular weight is 1640 g/mol. The van der Waals surface area contributed by atoms with Gasteiger partial charge in [-0.3, -0.25) is 4.79 Å². The van der Waals surface area contributed by atoms with E-state index < -0.39 is 18.4 Å². The summed E-state index contributed by atoms with van der Waals surface area (Å²) in [4.78, 5) is 53.5. The Labute approximate surface area is 643 Å². The summed E-state index contributed by atoms with van der Waals surface area (Å²) < 4.78 is 60.9. The van der Waals surface area contributed by atoms with E-state index in [0.29, 0.717) is 91.2 Å². The molecule has 0 radical (unpaired) electrons. The molecule has 0 saturated heterocycles. The van der Waals surface area contributed by atoms with E-state index in [1.54, 1.807) is 113 Å². The van der Waals surface area contributed by atoms with Gasteiger partial charge in [-0.05, 0) is 103 Å². The fraction of sp³-hybridized carbons (Fsp3) is 0.287. The molecule has 12 rings (SSSR count). The number of benzene rings is 4. The van der Waals surface area contributed by atoms with Crippen LogP contribution >= 0.6 is 68.8 Å². The minimum absolute atomic E-state index is 0. The van der Waals surface area contributed by atoms with Crippen molar-refractivity contribution in [3.63, 3.8) is 0 Å². The molecule has 0 aliphatic carbocycles. The number of nitrogens with two attached hydrogens (primary N) is 1. The van der Waals surface area contributed by atoms with Crippen LogP contribution in [0.4, 0.5) is 13.2 Å². The maximum Gasteiger partial charge on any atom is 0.223 e. The number of ether oxygens (including phenoxy) is 2. The Morgan fingerprint density at radius 3 is 1.31 bits per heavy atom. The van der Waals surface area contributed by atoms with Gasteiger partial charge in [0.15, 0.2) is 28.9 Å². The molecule has 4 aromatic carbocycles. The summed E-state index contributed by atoms with van der Waals surface area (Å²) in [6.07, 6.45) is 22.0. The zero-order valence-electron chi connectivity index (χ0n) is 56.5. The number of rotatable bonds is 24. The molecular weight excluding hydrogens is 1540 g/mol. The predicted molar refractivity (Wildman–Crippen MR) is 439 cm³/mol. The number of hydrogen-bond donors (Lipinski definition) is 1. The van der Waals surface area contributed by atoms with E-state index in [1.807, 2.05) is 52.5 Å². The van der Waals surface area contributed by atoms with Gasteiger partial charge < -0.3 is 15.2 Å². The van der Waals surface area contributed by atoms with Crippen LogP contribution in [0.1, 0.15) is 136 Å². The van der Waals surface area contributed by atoms with Crippen LogP contribution in [0.25, 0.3) is 76.2 Å². The molecule has 8 heterocycles. The van der Waals surface area contributed by atoms with Gasteiger partial charge in [0.1, 0.15) is 39.4 Å². The number of aromatic nitrogens is 10. The SMILES string of the molecule is C.C.C.C.C=Cc1nccc(-c2csc3c(F)cccc23)n1.C=Cc1nccc(Cl)n1.C=[CH][Sn]([CH2]CCC)([CH2]CCC)[CH2]CCC.COc1ccc(C(=O)CCCc2nccc(-c3csc4c(F)cccc34)n2)cc1OC.Clc1ccnc(Cl)n1.NCCc1nccc(-c2csc3c(F)cccc23)n1. The molecule has 0 unspecified atom stereocenters. The largest absolute Gasteiger partial charge is 0.493 e. The van der Waals surface area contributed by atoms with Gasteiger partial charge in [0, 0.05) is 105 Å². The van der Waals surface area contributed by atoms with Crippen LogP contribution in [0.2, 0.25) is 28.9 Å². The standard InChI is InChI=1S/C24H21FN2O3S.C14H12FN3S.C14H9FN2S.C6H5ClN2.C4H2Cl2N2.3C4H9.C2H3.4CH4.Sn/c1-29-21-10-9-15(13-22(21)30-2)20(28)7-4-8-23-26-12-11-19(27-23)17-14-31-24-16(17)5-3-6-18(24)25;15-11-3-1-2-9-10(8-19-14(9)11)12-5-7-17-13(18-12)4-6-16;1-2-13-16-7-6-12(17-13)10-8-18-14-9(10)4-3-5-11(14)15;1-2-6-8-4-3-5(7)9-6;5-3-1-2-7-4(6)8-3;3*1-3-4-2;1-2;;;;;/h3,5-6,9-14H,4,7-8H2,1-2H3;1-3,5,7-8H,4,6,16H2;2-8H,1H2;2-4H,1H2;1-2H;3*1,3-4H2,2H3;1H,2H2;4*1H4;. The average Bonchev–Trinajstić information content (AvgIpc) is 1.65. The molecule has 0 amide bonds. The van der Waals surface area contributed by atoms with Gasteiger partial charge in [-0.15, -0.1) is 34.0 Å². The third kappa shape index (κ3) is 26.6. The first-order valence-corrected chi connectivity index (χ1v) is 43.9. The van der Waals surface area contributed by atoms with E-state index in [9.17, 15) is 18.0 Å². The van der Waals surface area contributed by atoms with Gasteiger partial charge in [-0.1, -0.05) is 102 Å². The van der Waals surface area contributed by atoms with Gasteiger partial charge in [0.25, 0.3) is 0 Å². The van der Waals surface area contributed by atoms with Crippen molar-refractivity contribution in [2.75, 3.05) is 20.8 Å². The van der Waals surface area contributed by atoms with E-state index in [0.717, 1.165) is 55.8 Å². The molecule has 0 bridgehead atoms. The fourth-order valence-electron chi connectivity index (χ4n) is 10.3. The second kappa shape index (κ2) is 47.5. The molecule has 24 heteroatoms. The van der Waals surface area contributed by atoms with Crippen LogP contribution in [0.15, 0.2) is 174 Å². The minimum atomic E-state index is -1.85. The first kappa shape index (κ1) is 90.3. The maximum absolute atomic E-state index is 14.0. The normalized spacial score (nSPS) is 10.3. The van der Waals surface area contributed by atoms with Gasteiger partial charge in [-0.2, -0.15) is 0 Å². The Morgan fingerprint density at radius 1 is 0.510 bits per heavy atom. The molecule has 0 aliphatic heterocycles. The van der Waals surface area contributed by atoms with Crippen molar-refractivity contribution in [3.05, 3.63) is 236 Å². The number of fused-ring (bicyclic) bond motifs is 3. The predicted octanol–water partition coefficient (Wildman–Crippen LogP) is 24.5. The van der Waals surface area contributed by atoms with Crippen molar-refractivity contribution in [2.45, 2.75) is 128 Å². The molecule has 14 nitrogen and oxygen atoms in total. The van der Waals surface area contributed by atoms with Gasteiger partial charge in [0.05, 0.1) is 45.4 Å². The number of carbonyl (C=O) groups is 1. The zero-order valence-corrected chi connectivity index (χ0v) is 64.0. The zero-order chi connectivity index (χ0) is 71.8. The second-order valence-corrected chi connectivity index (χ2v) is 39.3. The molecule has 2 N–H and O–H groups in total. The Balaban J connectivity index is 0.000000339. The molecule has 0 saturated carbocycles. The summed E-state index contributed by atoms with van der Waals surface area (Å²) in [5, 5.41) is 9.38. The van der Waals surface area contributed by atoms with Crippen LogP contribution in [-0.2, 0) is 12.8 Å². The van der Waals surface area contributed by atoms with Crippen LogP contribution in [0, 0.1) is 17.5 Å². The maximum atomic E-state index is 14.0. The molecule has 8 aromatic heterocycles. The van der Waals surface area contributed by atoms with E-state index in [1.165, 1.54) is 96.9 Å². The Kier molecular flexibility index (Phi) is 41.2. The Hall–Kier alpha value is -7.93. The number of hydrogen-bond acceptors (Lipinski definition) is 17. The number of ketones is 1. The summed E-state index contributed by atoms with van der Waals surface area (Å²) in [5.41, 5.74) is 11.2. The van der Waals surface area contributed by atoms with Crippen LogP contribution < -0.4 is 15.2 Å². The van der Waals surface area contributed by atoms with E-state index in [2.05, 4.69) is 94.4 Å². The Morgan fingerprint density at radius 2 is 0.923 bits per heavy atom. The number of aryl methyl sites for hydroxylation is 1. The van der Waals surface area contributed by atoms with Crippen molar-refractivity contribution in [2.24, 2.45) is 5.73 Å². The van der Waals surface area contributed by atoms with Gasteiger partial charge in [0.2, 0.25) is 5.28 Å². The van der Waals surface area contributed by atoms with Crippen molar-refractivity contribution in [3.8, 4) is 45.3 Å². The number of nitrogens with zero attached hydrogens (tertiary/aromatic N) is 10. The molecule has 12 aromatic rings. The second-order valence-electron chi connectivity index (χ2n) is 22.4. The summed E-state index contributed by atoms with van der Waals surface area (Å²) >= 11 is 18.6. The number of unbranched alkanes of at least 4 members (excludes halogenated alkanes) is 3. The minimum Gasteiger partial charge on any atom is -0.493 e. The molecule has 0 fully saturated rings. The molecule has 552 valence electrons. The van der Waals surface area contributed by atoms with Crippen molar-refractivity contribution in [1.29, 1.82) is 0 Å². The van der Waals surface area contributed by atoms with Crippen molar-refractivity contribution < 1.29 is 27.4 Å². The van der Waals surface area contributed by atoms with Gasteiger partial charge >= 0.3 is 102 Å². The molecule has 0 aliphatic rings. The molecule has 0 spiro atoms. The van der Waals surface area contributed by atoms with Crippen molar-refractivity contribution in [1.82, 2.24) is 49.8 Å². The molecule has 104 heavy (non-hydrogen) atoms. The topological polar surface area (TPSA) is 190 Å². The number of methoxy groups -OCH3 is 2. The van der Waals surface area contributed by atoms with E-state index >= 15 is 0 Å². The number of thiophene rings is 3. The van der Waals surface area contributed by atoms with Crippen LogP contribution in [0.3, 0.4) is 0 Å². The number of carbonyl (C=O) groups excluding carboxylic acids is 1. The Bertz CT molecular complexity index is 4580. The quantitative estimate of drug-likeness (QED) is 0.0260. The monoisotopic (exact) mass is 1640 g/mol. The van der Waals surface area contributed by atoms with E-state index in [-0.39, 0.29) is 58.2 Å². The van der Waals surface area contributed by atoms with Gasteiger partial charge in [-0.25, -0.2) is 63.0 Å². The van der Waals surface area contributed by atoms with E-state index in [4.69, 9.17) is 50.0 Å². The number of halogens is 6.